The van der Waals surface area contributed by atoms with Crippen molar-refractivity contribution in [3.8, 4) is 0 Å². The zero-order valence-corrected chi connectivity index (χ0v) is 17.4. The van der Waals surface area contributed by atoms with E-state index in [-0.39, 0.29) is 24.2 Å². The third-order valence-corrected chi connectivity index (χ3v) is 5.33. The molecule has 0 radical (unpaired) electrons. The maximum absolute atomic E-state index is 14.4. The van der Waals surface area contributed by atoms with Crippen LogP contribution in [0.5, 0.6) is 0 Å². The van der Waals surface area contributed by atoms with Crippen LogP contribution < -0.4 is 10.6 Å². The molecule has 2 aromatic heterocycles. The number of aryl methyl sites for hydroxylation is 1. The van der Waals surface area contributed by atoms with E-state index in [1.54, 1.807) is 23.7 Å². The second-order valence-electron chi connectivity index (χ2n) is 7.84. The van der Waals surface area contributed by atoms with Gasteiger partial charge >= 0.3 is 6.09 Å². The SMILES string of the molecule is Cc1cc2cc(Nc3cc4n(n3)CC(=O)N(C(C)C)CC4)ncc2c(NC(=O)O)c1F. The van der Waals surface area contributed by atoms with E-state index in [0.717, 1.165) is 5.69 Å². The summed E-state index contributed by atoms with van der Waals surface area (Å²) >= 11 is 0. The molecule has 0 saturated heterocycles. The van der Waals surface area contributed by atoms with Gasteiger partial charge in [0.05, 0.1) is 5.69 Å². The Morgan fingerprint density at radius 3 is 2.74 bits per heavy atom. The molecule has 0 saturated carbocycles. The maximum Gasteiger partial charge on any atom is 0.409 e. The number of pyridine rings is 1. The molecule has 0 aliphatic carbocycles. The number of hydrogen-bond donors (Lipinski definition) is 3. The molecule has 1 aliphatic rings. The van der Waals surface area contributed by atoms with Crippen molar-refractivity contribution in [1.29, 1.82) is 0 Å². The molecule has 0 unspecified atom stereocenters. The highest BCUT2D eigenvalue weighted by Crippen LogP contribution is 2.31. The number of benzene rings is 1. The van der Waals surface area contributed by atoms with Gasteiger partial charge in [-0.05, 0) is 43.9 Å². The number of anilines is 3. The Morgan fingerprint density at radius 2 is 2.03 bits per heavy atom. The first-order valence-corrected chi connectivity index (χ1v) is 9.95. The summed E-state index contributed by atoms with van der Waals surface area (Å²) in [7, 11) is 0. The summed E-state index contributed by atoms with van der Waals surface area (Å²) in [6.45, 7) is 6.38. The number of nitrogens with one attached hydrogen (secondary N) is 2. The Kier molecular flexibility index (Phi) is 5.22. The molecular formula is C21H23FN6O3. The lowest BCUT2D eigenvalue weighted by molar-refractivity contribution is -0.133. The van der Waals surface area contributed by atoms with Crippen molar-refractivity contribution in [2.75, 3.05) is 17.2 Å². The van der Waals surface area contributed by atoms with E-state index in [9.17, 15) is 14.0 Å². The first kappa shape index (κ1) is 20.6. The molecule has 3 aromatic rings. The molecule has 0 bridgehead atoms. The number of rotatable bonds is 4. The molecule has 31 heavy (non-hydrogen) atoms. The van der Waals surface area contributed by atoms with Crippen LogP contribution in [0.3, 0.4) is 0 Å². The van der Waals surface area contributed by atoms with Gasteiger partial charge in [0, 0.05) is 42.4 Å². The highest BCUT2D eigenvalue weighted by Gasteiger charge is 2.24. The minimum absolute atomic E-state index is 0.0307. The fourth-order valence-corrected chi connectivity index (χ4v) is 3.82. The lowest BCUT2D eigenvalue weighted by Crippen LogP contribution is -2.38. The number of hydrogen-bond acceptors (Lipinski definition) is 5. The van der Waals surface area contributed by atoms with E-state index in [0.29, 0.717) is 40.9 Å². The average Bonchev–Trinajstić information content (AvgIpc) is 2.98. The van der Waals surface area contributed by atoms with Crippen LogP contribution in [-0.2, 0) is 17.8 Å². The van der Waals surface area contributed by atoms with Gasteiger partial charge in [-0.25, -0.2) is 14.2 Å². The van der Waals surface area contributed by atoms with Crippen molar-refractivity contribution < 1.29 is 19.1 Å². The summed E-state index contributed by atoms with van der Waals surface area (Å²) in [6.07, 6.45) is 0.765. The largest absolute Gasteiger partial charge is 0.465 e. The molecule has 3 heterocycles. The van der Waals surface area contributed by atoms with E-state index in [2.05, 4.69) is 20.7 Å². The molecule has 0 atom stereocenters. The molecule has 0 fully saturated rings. The Morgan fingerprint density at radius 1 is 1.26 bits per heavy atom. The predicted molar refractivity (Wildman–Crippen MR) is 114 cm³/mol. The van der Waals surface area contributed by atoms with Gasteiger partial charge in [0.25, 0.3) is 0 Å². The van der Waals surface area contributed by atoms with Crippen molar-refractivity contribution in [3.05, 3.63) is 41.5 Å². The van der Waals surface area contributed by atoms with Crippen LogP contribution in [0.15, 0.2) is 24.4 Å². The third-order valence-electron chi connectivity index (χ3n) is 5.33. The fourth-order valence-electron chi connectivity index (χ4n) is 3.82. The lowest BCUT2D eigenvalue weighted by atomic mass is 10.1. The van der Waals surface area contributed by atoms with Crippen LogP contribution in [0.4, 0.5) is 26.5 Å². The number of halogens is 1. The molecule has 162 valence electrons. The Hall–Kier alpha value is -3.69. The van der Waals surface area contributed by atoms with E-state index in [1.807, 2.05) is 24.8 Å². The van der Waals surface area contributed by atoms with Gasteiger partial charge in [0.2, 0.25) is 5.91 Å². The first-order chi connectivity index (χ1) is 14.7. The Balaban J connectivity index is 1.61. The second-order valence-corrected chi connectivity index (χ2v) is 7.84. The maximum atomic E-state index is 14.4. The Bertz CT molecular complexity index is 1190. The van der Waals surface area contributed by atoms with Crippen molar-refractivity contribution in [2.45, 2.75) is 39.8 Å². The number of nitrogens with zero attached hydrogens (tertiary/aromatic N) is 4. The number of carboxylic acid groups (broad SMARTS) is 1. The normalized spacial score (nSPS) is 14.0. The second kappa shape index (κ2) is 7.86. The van der Waals surface area contributed by atoms with Gasteiger partial charge in [0.1, 0.15) is 18.2 Å². The summed E-state index contributed by atoms with van der Waals surface area (Å²) in [5.74, 6) is 0.428. The van der Waals surface area contributed by atoms with Gasteiger partial charge in [-0.1, -0.05) is 0 Å². The van der Waals surface area contributed by atoms with Crippen LogP contribution in [0.1, 0.15) is 25.1 Å². The zero-order valence-electron chi connectivity index (χ0n) is 17.4. The summed E-state index contributed by atoms with van der Waals surface area (Å²) in [6, 6.07) is 5.36. The smallest absolute Gasteiger partial charge is 0.409 e. The van der Waals surface area contributed by atoms with Crippen molar-refractivity contribution >= 4 is 40.1 Å². The predicted octanol–water partition coefficient (Wildman–Crippen LogP) is 3.51. The van der Waals surface area contributed by atoms with Crippen LogP contribution in [0.2, 0.25) is 0 Å². The average molecular weight is 426 g/mol. The molecular weight excluding hydrogens is 403 g/mol. The van der Waals surface area contributed by atoms with E-state index >= 15 is 0 Å². The van der Waals surface area contributed by atoms with E-state index in [4.69, 9.17) is 5.11 Å². The molecule has 3 N–H and O–H groups in total. The summed E-state index contributed by atoms with van der Waals surface area (Å²) in [5, 5.41) is 19.7. The number of carbonyl (C=O) groups is 2. The minimum Gasteiger partial charge on any atom is -0.465 e. The van der Waals surface area contributed by atoms with Gasteiger partial charge in [0.15, 0.2) is 5.82 Å². The van der Waals surface area contributed by atoms with E-state index in [1.165, 1.54) is 6.20 Å². The quantitative estimate of drug-likeness (QED) is 0.589. The van der Waals surface area contributed by atoms with Gasteiger partial charge in [-0.3, -0.25) is 14.8 Å². The standard InChI is InChI=1S/C21H23FN6O3/c1-11(2)27-5-4-14-8-17(26-28(14)10-18(27)29)24-16-7-13-6-12(3)19(22)20(25-21(30)31)15(13)9-23-16/h6-9,11,25H,4-5,10H2,1-3H3,(H,30,31)(H,23,24,26). The van der Waals surface area contributed by atoms with Gasteiger partial charge < -0.3 is 15.3 Å². The molecule has 9 nitrogen and oxygen atoms in total. The van der Waals surface area contributed by atoms with Crippen molar-refractivity contribution in [1.82, 2.24) is 19.7 Å². The monoisotopic (exact) mass is 426 g/mol. The van der Waals surface area contributed by atoms with Crippen molar-refractivity contribution in [3.63, 3.8) is 0 Å². The molecule has 1 aromatic carbocycles. The number of carbonyl (C=O) groups excluding carboxylic acids is 1. The lowest BCUT2D eigenvalue weighted by Gasteiger charge is -2.24. The highest BCUT2D eigenvalue weighted by molar-refractivity contribution is 6.01. The van der Waals surface area contributed by atoms with Crippen LogP contribution in [0, 0.1) is 12.7 Å². The zero-order chi connectivity index (χ0) is 22.3. The number of fused-ring (bicyclic) bond motifs is 2. The topological polar surface area (TPSA) is 112 Å². The van der Waals surface area contributed by atoms with Gasteiger partial charge in [-0.15, -0.1) is 0 Å². The third kappa shape index (κ3) is 4.00. The van der Waals surface area contributed by atoms with Gasteiger partial charge in [-0.2, -0.15) is 5.10 Å². The van der Waals surface area contributed by atoms with Crippen LogP contribution in [-0.4, -0.2) is 49.4 Å². The van der Waals surface area contributed by atoms with Crippen molar-refractivity contribution in [2.24, 2.45) is 0 Å². The Labute approximate surface area is 177 Å². The molecule has 4 rings (SSSR count). The highest BCUT2D eigenvalue weighted by atomic mass is 19.1. The molecule has 10 heteroatoms. The minimum atomic E-state index is -1.35. The van der Waals surface area contributed by atoms with E-state index < -0.39 is 11.9 Å². The molecule has 0 spiro atoms. The first-order valence-electron chi connectivity index (χ1n) is 9.95. The number of aromatic nitrogens is 3. The fraction of sp³-hybridized carbons (Fsp3) is 0.333. The summed E-state index contributed by atoms with van der Waals surface area (Å²) in [4.78, 5) is 29.6. The van der Waals surface area contributed by atoms with Crippen LogP contribution in [0.25, 0.3) is 10.8 Å². The summed E-state index contributed by atoms with van der Waals surface area (Å²) in [5.41, 5.74) is 1.14. The number of amides is 2. The molecule has 2 amide bonds. The van der Waals surface area contributed by atoms with Crippen LogP contribution >= 0.6 is 0 Å². The molecule has 1 aliphatic heterocycles. The summed E-state index contributed by atoms with van der Waals surface area (Å²) < 4.78 is 16.1.